The molecule has 0 saturated heterocycles. The number of nitrogens with one attached hydrogen (secondary N) is 1. The van der Waals surface area contributed by atoms with Gasteiger partial charge in [0.15, 0.2) is 0 Å². The average Bonchev–Trinajstić information content (AvgIpc) is 2.28. The first-order chi connectivity index (χ1) is 8.40. The van der Waals surface area contributed by atoms with Crippen molar-refractivity contribution in [1.82, 2.24) is 5.32 Å². The molecular weight excluding hydrogens is 252 g/mol. The van der Waals surface area contributed by atoms with Gasteiger partial charge in [-0.3, -0.25) is 4.79 Å². The Morgan fingerprint density at radius 1 is 1.33 bits per heavy atom. The number of nitriles is 1. The highest BCUT2D eigenvalue weighted by Crippen LogP contribution is 2.03. The van der Waals surface area contributed by atoms with E-state index in [1.54, 1.807) is 24.3 Å². The van der Waals surface area contributed by atoms with E-state index in [-0.39, 0.29) is 24.6 Å². The maximum atomic E-state index is 11.5. The van der Waals surface area contributed by atoms with Crippen LogP contribution in [0.25, 0.3) is 0 Å². The first kappa shape index (κ1) is 14.2. The lowest BCUT2D eigenvalue weighted by Crippen LogP contribution is -2.29. The van der Waals surface area contributed by atoms with E-state index in [4.69, 9.17) is 5.26 Å². The number of nitrogens with zero attached hydrogens (tertiary/aromatic N) is 1. The summed E-state index contributed by atoms with van der Waals surface area (Å²) in [5.74, 6) is -0.296. The Kier molecular flexibility index (Phi) is 4.86. The van der Waals surface area contributed by atoms with Crippen molar-refractivity contribution < 1.29 is 13.2 Å². The standard InChI is InChI=1S/C12H14N2O3S/c1-18(16,17)7-6-14-12(15)8-10-2-4-11(9-13)5-3-10/h2-5H,6-8H2,1H3,(H,14,15). The molecule has 0 aliphatic heterocycles. The van der Waals surface area contributed by atoms with E-state index in [9.17, 15) is 13.2 Å². The van der Waals surface area contributed by atoms with Gasteiger partial charge in [0.1, 0.15) is 9.84 Å². The molecule has 18 heavy (non-hydrogen) atoms. The van der Waals surface area contributed by atoms with Crippen LogP contribution in [0.4, 0.5) is 0 Å². The van der Waals surface area contributed by atoms with Crippen molar-refractivity contribution in [3.05, 3.63) is 35.4 Å². The number of carbonyl (C=O) groups is 1. The van der Waals surface area contributed by atoms with E-state index in [0.717, 1.165) is 11.8 Å². The second-order valence-corrected chi connectivity index (χ2v) is 6.23. The van der Waals surface area contributed by atoms with Crippen molar-refractivity contribution in [1.29, 1.82) is 5.26 Å². The molecule has 0 spiro atoms. The minimum atomic E-state index is -3.05. The SMILES string of the molecule is CS(=O)(=O)CCNC(=O)Cc1ccc(C#N)cc1. The predicted molar refractivity (Wildman–Crippen MR) is 67.6 cm³/mol. The van der Waals surface area contributed by atoms with Crippen LogP contribution in [0.2, 0.25) is 0 Å². The molecule has 1 amide bonds. The van der Waals surface area contributed by atoms with Crippen LogP contribution in [0.1, 0.15) is 11.1 Å². The number of sulfone groups is 1. The summed E-state index contributed by atoms with van der Waals surface area (Å²) in [4.78, 5) is 11.5. The molecule has 5 nitrogen and oxygen atoms in total. The van der Waals surface area contributed by atoms with Gasteiger partial charge in [0.05, 0.1) is 23.8 Å². The highest BCUT2D eigenvalue weighted by molar-refractivity contribution is 7.90. The first-order valence-electron chi connectivity index (χ1n) is 5.34. The number of hydrogen-bond donors (Lipinski definition) is 1. The number of amides is 1. The fourth-order valence-corrected chi connectivity index (χ4v) is 1.79. The van der Waals surface area contributed by atoms with E-state index < -0.39 is 9.84 Å². The van der Waals surface area contributed by atoms with Gasteiger partial charge in [-0.25, -0.2) is 8.42 Å². The van der Waals surface area contributed by atoms with Gasteiger partial charge < -0.3 is 5.32 Å². The first-order valence-corrected chi connectivity index (χ1v) is 7.40. The molecule has 1 aromatic carbocycles. The van der Waals surface area contributed by atoms with Crippen LogP contribution in [-0.4, -0.2) is 32.9 Å². The smallest absolute Gasteiger partial charge is 0.224 e. The van der Waals surface area contributed by atoms with E-state index in [0.29, 0.717) is 5.56 Å². The molecule has 1 rings (SSSR count). The Hall–Kier alpha value is -1.87. The molecule has 0 bridgehead atoms. The summed E-state index contributed by atoms with van der Waals surface area (Å²) in [5, 5.41) is 11.1. The lowest BCUT2D eigenvalue weighted by atomic mass is 10.1. The number of benzene rings is 1. The normalized spacial score (nSPS) is 10.7. The number of carbonyl (C=O) groups excluding carboxylic acids is 1. The maximum Gasteiger partial charge on any atom is 0.224 e. The molecule has 0 aromatic heterocycles. The quantitative estimate of drug-likeness (QED) is 0.828. The Labute approximate surface area is 106 Å². The van der Waals surface area contributed by atoms with Gasteiger partial charge in [-0.15, -0.1) is 0 Å². The van der Waals surface area contributed by atoms with Crippen LogP contribution < -0.4 is 5.32 Å². The summed E-state index contributed by atoms with van der Waals surface area (Å²) in [7, 11) is -3.05. The van der Waals surface area contributed by atoms with Gasteiger partial charge in [0, 0.05) is 12.8 Å². The summed E-state index contributed by atoms with van der Waals surface area (Å²) in [6.45, 7) is 0.119. The molecule has 0 saturated carbocycles. The summed E-state index contributed by atoms with van der Waals surface area (Å²) in [6.07, 6.45) is 1.30. The second-order valence-electron chi connectivity index (χ2n) is 3.97. The number of rotatable bonds is 5. The third-order valence-electron chi connectivity index (χ3n) is 2.24. The van der Waals surface area contributed by atoms with Crippen molar-refractivity contribution in [2.24, 2.45) is 0 Å². The Balaban J connectivity index is 2.42. The number of hydrogen-bond acceptors (Lipinski definition) is 4. The van der Waals surface area contributed by atoms with E-state index in [2.05, 4.69) is 5.32 Å². The molecule has 0 unspecified atom stereocenters. The molecule has 96 valence electrons. The van der Waals surface area contributed by atoms with Crippen LogP contribution in [0.15, 0.2) is 24.3 Å². The molecule has 6 heteroatoms. The summed E-state index contributed by atoms with van der Waals surface area (Å²) < 4.78 is 21.7. The zero-order chi connectivity index (χ0) is 13.6. The van der Waals surface area contributed by atoms with Crippen LogP contribution in [0, 0.1) is 11.3 Å². The minimum Gasteiger partial charge on any atom is -0.355 e. The monoisotopic (exact) mass is 266 g/mol. The van der Waals surface area contributed by atoms with Crippen LogP contribution in [0.5, 0.6) is 0 Å². The zero-order valence-electron chi connectivity index (χ0n) is 10.0. The molecule has 1 aromatic rings. The van der Waals surface area contributed by atoms with Gasteiger partial charge in [0.25, 0.3) is 0 Å². The highest BCUT2D eigenvalue weighted by atomic mass is 32.2. The van der Waals surface area contributed by atoms with Crippen molar-refractivity contribution >= 4 is 15.7 Å². The summed E-state index contributed by atoms with van der Waals surface area (Å²) >= 11 is 0. The van der Waals surface area contributed by atoms with Gasteiger partial charge in [-0.05, 0) is 17.7 Å². The van der Waals surface area contributed by atoms with E-state index in [1.807, 2.05) is 6.07 Å². The van der Waals surface area contributed by atoms with Gasteiger partial charge in [-0.1, -0.05) is 12.1 Å². The Morgan fingerprint density at radius 3 is 2.44 bits per heavy atom. The topological polar surface area (TPSA) is 87.0 Å². The van der Waals surface area contributed by atoms with Crippen molar-refractivity contribution in [3.63, 3.8) is 0 Å². The van der Waals surface area contributed by atoms with Crippen LogP contribution >= 0.6 is 0 Å². The highest BCUT2D eigenvalue weighted by Gasteiger charge is 2.06. The fraction of sp³-hybridized carbons (Fsp3) is 0.333. The molecule has 0 atom stereocenters. The van der Waals surface area contributed by atoms with Crippen molar-refractivity contribution in [2.45, 2.75) is 6.42 Å². The van der Waals surface area contributed by atoms with Gasteiger partial charge >= 0.3 is 0 Å². The second kappa shape index (κ2) is 6.17. The zero-order valence-corrected chi connectivity index (χ0v) is 10.8. The summed E-state index contributed by atoms with van der Waals surface area (Å²) in [6, 6.07) is 8.67. The lowest BCUT2D eigenvalue weighted by Gasteiger charge is -2.04. The molecular formula is C12H14N2O3S. The maximum absolute atomic E-state index is 11.5. The predicted octanol–water partition coefficient (Wildman–Crippen LogP) is 0.262. The van der Waals surface area contributed by atoms with Crippen molar-refractivity contribution in [3.8, 4) is 6.07 Å². The third-order valence-corrected chi connectivity index (χ3v) is 3.19. The van der Waals surface area contributed by atoms with Crippen LogP contribution in [0.3, 0.4) is 0 Å². The molecule has 0 aliphatic rings. The Morgan fingerprint density at radius 2 is 1.94 bits per heavy atom. The molecule has 1 N–H and O–H groups in total. The van der Waals surface area contributed by atoms with Gasteiger partial charge in [0.2, 0.25) is 5.91 Å². The van der Waals surface area contributed by atoms with E-state index >= 15 is 0 Å². The molecule has 0 aliphatic carbocycles. The molecule has 0 radical (unpaired) electrons. The van der Waals surface area contributed by atoms with Crippen molar-refractivity contribution in [2.75, 3.05) is 18.6 Å². The lowest BCUT2D eigenvalue weighted by molar-refractivity contribution is -0.120. The summed E-state index contributed by atoms with van der Waals surface area (Å²) in [5.41, 5.74) is 1.32. The molecule has 0 fully saturated rings. The molecule has 0 heterocycles. The average molecular weight is 266 g/mol. The largest absolute Gasteiger partial charge is 0.355 e. The van der Waals surface area contributed by atoms with E-state index in [1.165, 1.54) is 0 Å². The third kappa shape index (κ3) is 5.46. The Bertz CT molecular complexity index is 556. The minimum absolute atomic E-state index is 0.0634. The fourth-order valence-electron chi connectivity index (χ4n) is 1.32. The van der Waals surface area contributed by atoms with Gasteiger partial charge in [-0.2, -0.15) is 5.26 Å². The van der Waals surface area contributed by atoms with Crippen LogP contribution in [-0.2, 0) is 21.1 Å².